The highest BCUT2D eigenvalue weighted by atomic mass is 35.5. The lowest BCUT2D eigenvalue weighted by molar-refractivity contribution is -0.138. The van der Waals surface area contributed by atoms with Crippen molar-refractivity contribution in [3.8, 4) is 0 Å². The molecule has 17 heavy (non-hydrogen) atoms. The lowest BCUT2D eigenvalue weighted by Crippen LogP contribution is -2.17. The van der Waals surface area contributed by atoms with Crippen molar-refractivity contribution in [1.29, 1.82) is 0 Å². The van der Waals surface area contributed by atoms with E-state index in [4.69, 9.17) is 5.73 Å². The molecule has 0 aromatic heterocycles. The fourth-order valence-electron chi connectivity index (χ4n) is 1.92. The summed E-state index contributed by atoms with van der Waals surface area (Å²) in [6, 6.07) is 5.09. The number of benzene rings is 1. The van der Waals surface area contributed by atoms with E-state index in [-0.39, 0.29) is 18.0 Å². The van der Waals surface area contributed by atoms with Gasteiger partial charge in [0.1, 0.15) is 0 Å². The normalized spacial score (nSPS) is 17.4. The molecule has 0 unspecified atom stereocenters. The molecule has 0 radical (unpaired) electrons. The second-order valence-corrected chi connectivity index (χ2v) is 4.37. The van der Waals surface area contributed by atoms with Crippen molar-refractivity contribution >= 4 is 12.4 Å². The van der Waals surface area contributed by atoms with Gasteiger partial charge in [-0.2, -0.15) is 13.2 Å². The number of hydrogen-bond donors (Lipinski definition) is 1. The van der Waals surface area contributed by atoms with Crippen LogP contribution in [-0.4, -0.2) is 0 Å². The largest absolute Gasteiger partial charge is 0.416 e. The van der Waals surface area contributed by atoms with E-state index in [0.29, 0.717) is 12.3 Å². The number of halogens is 4. The van der Waals surface area contributed by atoms with Crippen molar-refractivity contribution in [3.63, 3.8) is 0 Å². The van der Waals surface area contributed by atoms with E-state index in [1.54, 1.807) is 6.07 Å². The molecule has 0 heterocycles. The maximum atomic E-state index is 12.7. The fraction of sp³-hybridized carbons (Fsp3) is 0.500. The molecule has 1 aliphatic carbocycles. The van der Waals surface area contributed by atoms with E-state index in [0.717, 1.165) is 18.9 Å². The third-order valence-electron chi connectivity index (χ3n) is 2.95. The highest BCUT2D eigenvalue weighted by Gasteiger charge is 2.35. The molecule has 1 atom stereocenters. The Balaban J connectivity index is 0.00000144. The topological polar surface area (TPSA) is 26.0 Å². The molecule has 2 N–H and O–H groups in total. The third kappa shape index (κ3) is 3.61. The number of hydrogen-bond acceptors (Lipinski definition) is 1. The number of rotatable bonds is 3. The molecule has 1 aromatic carbocycles. The fourth-order valence-corrected chi connectivity index (χ4v) is 1.92. The minimum absolute atomic E-state index is 0. The average Bonchev–Trinajstić information content (AvgIpc) is 3.00. The monoisotopic (exact) mass is 265 g/mol. The van der Waals surface area contributed by atoms with Crippen LogP contribution in [0.3, 0.4) is 0 Å². The van der Waals surface area contributed by atoms with Crippen molar-refractivity contribution in [3.05, 3.63) is 35.4 Å². The molecule has 5 heteroatoms. The Labute approximate surface area is 105 Å². The van der Waals surface area contributed by atoms with E-state index in [1.807, 2.05) is 0 Å². The molecule has 1 aliphatic rings. The van der Waals surface area contributed by atoms with Gasteiger partial charge in [0.05, 0.1) is 5.56 Å². The van der Waals surface area contributed by atoms with E-state index >= 15 is 0 Å². The first kappa shape index (κ1) is 14.3. The van der Waals surface area contributed by atoms with Crippen LogP contribution in [-0.2, 0) is 6.18 Å². The van der Waals surface area contributed by atoms with E-state index < -0.39 is 17.8 Å². The summed E-state index contributed by atoms with van der Waals surface area (Å²) in [5.41, 5.74) is 5.46. The van der Waals surface area contributed by atoms with Crippen LogP contribution < -0.4 is 5.73 Å². The Morgan fingerprint density at radius 3 is 2.35 bits per heavy atom. The number of alkyl halides is 3. The molecule has 0 saturated heterocycles. The van der Waals surface area contributed by atoms with E-state index in [2.05, 4.69) is 0 Å². The molecule has 0 spiro atoms. The zero-order valence-electron chi connectivity index (χ0n) is 9.20. The summed E-state index contributed by atoms with van der Waals surface area (Å²) in [6.07, 6.45) is -1.45. The first-order valence-corrected chi connectivity index (χ1v) is 5.40. The lowest BCUT2D eigenvalue weighted by Gasteiger charge is -2.17. The molecular formula is C12H15ClF3N. The van der Waals surface area contributed by atoms with Crippen LogP contribution in [0.5, 0.6) is 0 Å². The molecule has 1 nitrogen and oxygen atoms in total. The molecule has 1 fully saturated rings. The van der Waals surface area contributed by atoms with Crippen molar-refractivity contribution < 1.29 is 13.2 Å². The van der Waals surface area contributed by atoms with Crippen LogP contribution in [0, 0.1) is 5.92 Å². The zero-order valence-corrected chi connectivity index (χ0v) is 10.0. The molecule has 2 rings (SSSR count). The Hall–Kier alpha value is -0.740. The molecular weight excluding hydrogens is 251 g/mol. The highest BCUT2D eigenvalue weighted by Crippen LogP contribution is 2.40. The van der Waals surface area contributed by atoms with Crippen molar-refractivity contribution in [1.82, 2.24) is 0 Å². The average molecular weight is 266 g/mol. The summed E-state index contributed by atoms with van der Waals surface area (Å²) in [6.45, 7) is 0. The lowest BCUT2D eigenvalue weighted by atomic mass is 9.96. The van der Waals surface area contributed by atoms with Gasteiger partial charge in [0, 0.05) is 6.04 Å². The predicted molar refractivity (Wildman–Crippen MR) is 63.0 cm³/mol. The minimum Gasteiger partial charge on any atom is -0.324 e. The quantitative estimate of drug-likeness (QED) is 0.881. The van der Waals surface area contributed by atoms with Crippen molar-refractivity contribution in [2.24, 2.45) is 11.7 Å². The van der Waals surface area contributed by atoms with Crippen molar-refractivity contribution in [2.75, 3.05) is 0 Å². The Morgan fingerprint density at radius 2 is 1.82 bits per heavy atom. The van der Waals surface area contributed by atoms with Gasteiger partial charge in [0.25, 0.3) is 0 Å². The molecule has 1 aromatic rings. The summed E-state index contributed by atoms with van der Waals surface area (Å²) in [7, 11) is 0. The van der Waals surface area contributed by atoms with Crippen LogP contribution >= 0.6 is 12.4 Å². The Bertz CT molecular complexity index is 374. The minimum atomic E-state index is -4.31. The Kier molecular flexibility index (Phi) is 4.44. The van der Waals surface area contributed by atoms with Gasteiger partial charge in [0.2, 0.25) is 0 Å². The van der Waals surface area contributed by atoms with Gasteiger partial charge in [-0.05, 0) is 24.0 Å². The SMILES string of the molecule is Cl.N[C@@H](CC1CC1)c1ccccc1C(F)(F)F. The highest BCUT2D eigenvalue weighted by molar-refractivity contribution is 5.85. The first-order valence-electron chi connectivity index (χ1n) is 5.40. The van der Waals surface area contributed by atoms with Crippen molar-refractivity contribution in [2.45, 2.75) is 31.5 Å². The molecule has 0 bridgehead atoms. The van der Waals surface area contributed by atoms with Gasteiger partial charge in [-0.1, -0.05) is 31.0 Å². The first-order chi connectivity index (χ1) is 7.48. The molecule has 96 valence electrons. The van der Waals surface area contributed by atoms with Gasteiger partial charge in [-0.25, -0.2) is 0 Å². The second kappa shape index (κ2) is 5.27. The summed E-state index contributed by atoms with van der Waals surface area (Å²) < 4.78 is 38.1. The molecule has 0 aliphatic heterocycles. The van der Waals surface area contributed by atoms with Gasteiger partial charge in [-0.3, -0.25) is 0 Å². The van der Waals surface area contributed by atoms with Gasteiger partial charge in [0.15, 0.2) is 0 Å². The standard InChI is InChI=1S/C12H14F3N.ClH/c13-12(14,15)10-4-2-1-3-9(10)11(16)7-8-5-6-8;/h1-4,8,11H,5-7,16H2;1H/t11-;/m0./s1. The number of nitrogens with two attached hydrogens (primary N) is 1. The summed E-state index contributed by atoms with van der Waals surface area (Å²) >= 11 is 0. The summed E-state index contributed by atoms with van der Waals surface area (Å²) in [5, 5.41) is 0. The smallest absolute Gasteiger partial charge is 0.324 e. The summed E-state index contributed by atoms with van der Waals surface area (Å²) in [4.78, 5) is 0. The van der Waals surface area contributed by atoms with Crippen LogP contribution in [0.25, 0.3) is 0 Å². The van der Waals surface area contributed by atoms with Crippen LogP contribution in [0.1, 0.15) is 36.4 Å². The summed E-state index contributed by atoms with van der Waals surface area (Å²) in [5.74, 6) is 0.524. The van der Waals surface area contributed by atoms with Crippen LogP contribution in [0.4, 0.5) is 13.2 Å². The molecule has 1 saturated carbocycles. The van der Waals surface area contributed by atoms with Gasteiger partial charge < -0.3 is 5.73 Å². The zero-order chi connectivity index (χ0) is 11.8. The van der Waals surface area contributed by atoms with E-state index in [9.17, 15) is 13.2 Å². The molecule has 0 amide bonds. The van der Waals surface area contributed by atoms with Gasteiger partial charge in [-0.15, -0.1) is 12.4 Å². The maximum Gasteiger partial charge on any atom is 0.416 e. The third-order valence-corrected chi connectivity index (χ3v) is 2.95. The Morgan fingerprint density at radius 1 is 1.24 bits per heavy atom. The van der Waals surface area contributed by atoms with E-state index in [1.165, 1.54) is 12.1 Å². The van der Waals surface area contributed by atoms with Crippen LogP contribution in [0.15, 0.2) is 24.3 Å². The second-order valence-electron chi connectivity index (χ2n) is 4.37. The maximum absolute atomic E-state index is 12.7. The van der Waals surface area contributed by atoms with Gasteiger partial charge >= 0.3 is 6.18 Å². The predicted octanol–water partition coefficient (Wildman–Crippen LogP) is 3.93. The van der Waals surface area contributed by atoms with Crippen LogP contribution in [0.2, 0.25) is 0 Å².